The molecule has 80 valence electrons. The van der Waals surface area contributed by atoms with Crippen molar-refractivity contribution in [3.63, 3.8) is 0 Å². The third-order valence-electron chi connectivity index (χ3n) is 2.51. The highest BCUT2D eigenvalue weighted by Crippen LogP contribution is 2.20. The fourth-order valence-electron chi connectivity index (χ4n) is 1.74. The van der Waals surface area contributed by atoms with Gasteiger partial charge in [0.1, 0.15) is 12.5 Å². The zero-order chi connectivity index (χ0) is 11.0. The van der Waals surface area contributed by atoms with E-state index in [-0.39, 0.29) is 0 Å². The lowest BCUT2D eigenvalue weighted by atomic mass is 10.2. The van der Waals surface area contributed by atoms with Gasteiger partial charge in [0, 0.05) is 13.0 Å². The zero-order valence-corrected chi connectivity index (χ0v) is 9.16. The lowest BCUT2D eigenvalue weighted by Crippen LogP contribution is -1.99. The van der Waals surface area contributed by atoms with Gasteiger partial charge in [-0.15, -0.1) is 0 Å². The molecule has 4 heteroatoms. The molecule has 0 aliphatic carbocycles. The van der Waals surface area contributed by atoms with Crippen molar-refractivity contribution in [2.75, 3.05) is 0 Å². The zero-order valence-electron chi connectivity index (χ0n) is 9.16. The monoisotopic (exact) mass is 207 g/mol. The van der Waals surface area contributed by atoms with Gasteiger partial charge in [-0.25, -0.2) is 9.37 Å². The van der Waals surface area contributed by atoms with E-state index in [0.717, 1.165) is 16.9 Å². The lowest BCUT2D eigenvalue weighted by Gasteiger charge is -2.04. The largest absolute Gasteiger partial charge is 0.330 e. The highest BCUT2D eigenvalue weighted by Gasteiger charge is 2.11. The van der Waals surface area contributed by atoms with Gasteiger partial charge in [-0.3, -0.25) is 4.98 Å². The average Bonchev–Trinajstić information content (AvgIpc) is 2.55. The van der Waals surface area contributed by atoms with E-state index >= 15 is 0 Å². The van der Waals surface area contributed by atoms with Crippen LogP contribution in [0.15, 0.2) is 12.3 Å². The van der Waals surface area contributed by atoms with Gasteiger partial charge in [0.25, 0.3) is 0 Å². The summed E-state index contributed by atoms with van der Waals surface area (Å²) in [5.41, 5.74) is 2.22. The van der Waals surface area contributed by atoms with Crippen molar-refractivity contribution in [3.8, 4) is 0 Å². The van der Waals surface area contributed by atoms with Gasteiger partial charge in [0.2, 0.25) is 0 Å². The molecule has 2 heterocycles. The maximum absolute atomic E-state index is 12.4. The summed E-state index contributed by atoms with van der Waals surface area (Å²) in [7, 11) is 1.96. The van der Waals surface area contributed by atoms with Gasteiger partial charge in [0.15, 0.2) is 0 Å². The molecule has 0 amide bonds. The number of hydrogen-bond donors (Lipinski definition) is 0. The molecule has 2 aromatic heterocycles. The van der Waals surface area contributed by atoms with Gasteiger partial charge in [0.05, 0.1) is 22.9 Å². The van der Waals surface area contributed by atoms with Crippen molar-refractivity contribution in [2.45, 2.75) is 26.4 Å². The van der Waals surface area contributed by atoms with Gasteiger partial charge in [-0.2, -0.15) is 0 Å². The molecular weight excluding hydrogens is 193 g/mol. The smallest absolute Gasteiger partial charge is 0.131 e. The Kier molecular flexibility index (Phi) is 2.42. The van der Waals surface area contributed by atoms with Crippen LogP contribution >= 0.6 is 0 Å². The average molecular weight is 207 g/mol. The molecule has 0 aliphatic heterocycles. The van der Waals surface area contributed by atoms with Crippen molar-refractivity contribution in [3.05, 3.63) is 23.8 Å². The Hall–Kier alpha value is -1.45. The third kappa shape index (κ3) is 1.60. The molecule has 0 spiro atoms. The predicted octanol–water partition coefficient (Wildman–Crippen LogP) is 2.56. The van der Waals surface area contributed by atoms with E-state index in [0.29, 0.717) is 11.6 Å². The molecule has 15 heavy (non-hydrogen) atoms. The number of imidazole rings is 1. The Morgan fingerprint density at radius 1 is 1.47 bits per heavy atom. The molecule has 0 fully saturated rings. The maximum Gasteiger partial charge on any atom is 0.131 e. The highest BCUT2D eigenvalue weighted by atomic mass is 19.1. The van der Waals surface area contributed by atoms with Gasteiger partial charge in [-0.05, 0) is 6.07 Å². The minimum atomic E-state index is -0.538. The quantitative estimate of drug-likeness (QED) is 0.757. The Labute approximate surface area is 88.0 Å². The summed E-state index contributed by atoms with van der Waals surface area (Å²) >= 11 is 0. The fourth-order valence-corrected chi connectivity index (χ4v) is 1.74. The first-order valence-electron chi connectivity index (χ1n) is 5.00. The second-order valence-corrected chi connectivity index (χ2v) is 3.98. The Morgan fingerprint density at radius 3 is 2.80 bits per heavy atom. The van der Waals surface area contributed by atoms with E-state index in [1.807, 2.05) is 11.6 Å². The molecule has 0 bridgehead atoms. The summed E-state index contributed by atoms with van der Waals surface area (Å²) in [6.45, 7) is 3.64. The molecule has 0 aromatic carbocycles. The minimum Gasteiger partial charge on any atom is -0.330 e. The number of aromatic nitrogens is 3. The number of nitrogens with zero attached hydrogens (tertiary/aromatic N) is 3. The first-order valence-corrected chi connectivity index (χ1v) is 5.00. The van der Waals surface area contributed by atoms with Crippen molar-refractivity contribution < 1.29 is 4.39 Å². The fraction of sp³-hybridized carbons (Fsp3) is 0.455. The van der Waals surface area contributed by atoms with Crippen LogP contribution in [-0.4, -0.2) is 14.5 Å². The summed E-state index contributed by atoms with van der Waals surface area (Å²) in [4.78, 5) is 8.50. The minimum absolute atomic E-state index is 0.358. The summed E-state index contributed by atoms with van der Waals surface area (Å²) in [5.74, 6) is 1.36. The molecule has 3 nitrogen and oxygen atoms in total. The molecule has 0 saturated heterocycles. The van der Waals surface area contributed by atoms with Crippen LogP contribution in [0.25, 0.3) is 11.0 Å². The van der Waals surface area contributed by atoms with Crippen LogP contribution < -0.4 is 0 Å². The highest BCUT2D eigenvalue weighted by molar-refractivity contribution is 5.75. The third-order valence-corrected chi connectivity index (χ3v) is 2.51. The molecule has 2 rings (SSSR count). The number of aryl methyl sites for hydroxylation is 1. The molecule has 0 aliphatic rings. The first kappa shape index (κ1) is 10.1. The van der Waals surface area contributed by atoms with Gasteiger partial charge >= 0.3 is 0 Å². The number of halogens is 1. The summed E-state index contributed by atoms with van der Waals surface area (Å²) in [5, 5.41) is 0. The number of fused-ring (bicyclic) bond motifs is 1. The van der Waals surface area contributed by atoms with Crippen LogP contribution in [0.4, 0.5) is 4.39 Å². The van der Waals surface area contributed by atoms with Crippen LogP contribution in [-0.2, 0) is 13.7 Å². The van der Waals surface area contributed by atoms with E-state index in [1.165, 1.54) is 0 Å². The Morgan fingerprint density at radius 2 is 2.20 bits per heavy atom. The van der Waals surface area contributed by atoms with Crippen molar-refractivity contribution in [1.82, 2.24) is 14.5 Å². The summed E-state index contributed by atoms with van der Waals surface area (Å²) in [6.07, 6.45) is 1.68. The topological polar surface area (TPSA) is 30.7 Å². The van der Waals surface area contributed by atoms with E-state index in [1.54, 1.807) is 12.3 Å². The second kappa shape index (κ2) is 3.61. The number of pyridine rings is 1. The van der Waals surface area contributed by atoms with Crippen molar-refractivity contribution in [1.29, 1.82) is 0 Å². The Balaban J connectivity index is 2.65. The van der Waals surface area contributed by atoms with E-state index in [2.05, 4.69) is 23.8 Å². The van der Waals surface area contributed by atoms with Crippen LogP contribution in [0.2, 0.25) is 0 Å². The number of hydrogen-bond acceptors (Lipinski definition) is 2. The Bertz CT molecular complexity index is 488. The van der Waals surface area contributed by atoms with E-state index in [4.69, 9.17) is 0 Å². The molecule has 0 atom stereocenters. The maximum atomic E-state index is 12.4. The standard InChI is InChI=1S/C11H14FN3/c1-7(2)11-14-9-4-8(5-12)13-6-10(9)15(11)3/h4,6-7H,5H2,1-3H3. The van der Waals surface area contributed by atoms with Crippen LogP contribution in [0.1, 0.15) is 31.3 Å². The van der Waals surface area contributed by atoms with Gasteiger partial charge in [-0.1, -0.05) is 13.8 Å². The summed E-state index contributed by atoms with van der Waals surface area (Å²) < 4.78 is 14.4. The first-order chi connectivity index (χ1) is 7.13. The van der Waals surface area contributed by atoms with Gasteiger partial charge < -0.3 is 4.57 Å². The molecule has 0 saturated carbocycles. The molecule has 2 aromatic rings. The number of rotatable bonds is 2. The SMILES string of the molecule is CC(C)c1nc2cc(CF)ncc2n1C. The van der Waals surface area contributed by atoms with Crippen LogP contribution in [0.5, 0.6) is 0 Å². The molecular formula is C11H14FN3. The van der Waals surface area contributed by atoms with E-state index < -0.39 is 6.67 Å². The van der Waals surface area contributed by atoms with Crippen molar-refractivity contribution >= 4 is 11.0 Å². The van der Waals surface area contributed by atoms with Crippen LogP contribution in [0.3, 0.4) is 0 Å². The number of alkyl halides is 1. The van der Waals surface area contributed by atoms with Crippen LogP contribution in [0, 0.1) is 0 Å². The molecule has 0 N–H and O–H groups in total. The van der Waals surface area contributed by atoms with Crippen molar-refractivity contribution in [2.24, 2.45) is 7.05 Å². The predicted molar refractivity (Wildman–Crippen MR) is 57.4 cm³/mol. The summed E-state index contributed by atoms with van der Waals surface area (Å²) in [6, 6.07) is 1.71. The molecule has 0 radical (unpaired) electrons. The second-order valence-electron chi connectivity index (χ2n) is 3.98. The lowest BCUT2D eigenvalue weighted by molar-refractivity contribution is 0.476. The van der Waals surface area contributed by atoms with E-state index in [9.17, 15) is 4.39 Å². The normalized spacial score (nSPS) is 11.5. The molecule has 0 unspecified atom stereocenters.